The van der Waals surface area contributed by atoms with Gasteiger partial charge in [0.2, 0.25) is 0 Å². The van der Waals surface area contributed by atoms with Crippen LogP contribution >= 0.6 is 30.4 Å². The van der Waals surface area contributed by atoms with Gasteiger partial charge in [0.05, 0.1) is 13.2 Å². The Bertz CT molecular complexity index is 586. The molecule has 4 unspecified atom stereocenters. The van der Waals surface area contributed by atoms with Crippen molar-refractivity contribution in [1.29, 1.82) is 0 Å². The first kappa shape index (κ1) is 46.1. The Labute approximate surface area is 301 Å². The van der Waals surface area contributed by atoms with Crippen molar-refractivity contribution in [2.75, 3.05) is 13.2 Å². The summed E-state index contributed by atoms with van der Waals surface area (Å²) in [6.07, 6.45) is 2.06. The zero-order valence-electron chi connectivity index (χ0n) is 17.1. The molecule has 0 spiro atoms. The predicted molar refractivity (Wildman–Crippen MR) is 101 cm³/mol. The van der Waals surface area contributed by atoms with Gasteiger partial charge >= 0.3 is 147 Å². The van der Waals surface area contributed by atoms with Gasteiger partial charge in [-0.25, -0.2) is 0 Å². The topological polar surface area (TPSA) is 266 Å². The van der Waals surface area contributed by atoms with Crippen molar-refractivity contribution in [3.05, 3.63) is 0 Å². The van der Waals surface area contributed by atoms with E-state index in [-0.39, 0.29) is 160 Å². The molecular formula is C10H22Ba3O14P4. The van der Waals surface area contributed by atoms with Crippen LogP contribution in [0.4, 0.5) is 0 Å². The standard InChI is InChI=1S/2C5H14O7P2.3Ba/c2*1-2-3-4-12-14(10,11)5(6)13(7,8)9;;;/h2*5-6H,2-4H2,1H3,(H,10,11)(H2,7,8,9);;;/q;;3*+2/p-6. The van der Waals surface area contributed by atoms with Gasteiger partial charge in [0.15, 0.2) is 15.2 Å². The van der Waals surface area contributed by atoms with E-state index in [9.17, 15) is 47.6 Å². The molecule has 21 heteroatoms. The van der Waals surface area contributed by atoms with E-state index in [1.807, 2.05) is 0 Å². The van der Waals surface area contributed by atoms with Crippen LogP contribution in [0.15, 0.2) is 0 Å². The molecule has 0 aromatic heterocycles. The van der Waals surface area contributed by atoms with E-state index in [1.165, 1.54) is 0 Å². The number of aliphatic hydroxyl groups is 2. The van der Waals surface area contributed by atoms with Crippen molar-refractivity contribution < 1.29 is 66.9 Å². The summed E-state index contributed by atoms with van der Waals surface area (Å²) in [5, 5.41) is 17.2. The first-order valence-electron chi connectivity index (χ1n) is 7.73. The summed E-state index contributed by atoms with van der Waals surface area (Å²) < 4.78 is 50.3. The average Bonchev–Trinajstić information content (AvgIpc) is 2.52. The van der Waals surface area contributed by atoms with Crippen LogP contribution in [0, 0.1) is 0 Å². The molecule has 0 aromatic carbocycles. The summed E-state index contributed by atoms with van der Waals surface area (Å²) >= 11 is 0. The van der Waals surface area contributed by atoms with Crippen LogP contribution in [0.5, 0.6) is 0 Å². The Hall–Kier alpha value is 5.23. The molecule has 0 saturated heterocycles. The molecule has 0 bridgehead atoms. The summed E-state index contributed by atoms with van der Waals surface area (Å²) in [4.78, 5) is 62.4. The van der Waals surface area contributed by atoms with Crippen LogP contribution in [0.25, 0.3) is 0 Å². The second-order valence-corrected chi connectivity index (χ2v) is 12.8. The Balaban J connectivity index is -0.000000133. The molecule has 14 nitrogen and oxygen atoms in total. The molecule has 0 aliphatic carbocycles. The largest absolute Gasteiger partial charge is 2.00 e. The maximum Gasteiger partial charge on any atom is 2.00 e. The average molecular weight is 902 g/mol. The molecule has 4 atom stereocenters. The minimum atomic E-state index is -5.57. The molecule has 0 aliphatic heterocycles. The van der Waals surface area contributed by atoms with Crippen LogP contribution in [0.3, 0.4) is 0 Å². The smallest absolute Gasteiger partial charge is 0.809 e. The molecular weight excluding hydrogens is 880 g/mol. The third kappa shape index (κ3) is 22.9. The van der Waals surface area contributed by atoms with E-state index in [0.29, 0.717) is 25.7 Å². The summed E-state index contributed by atoms with van der Waals surface area (Å²) in [7, 11) is -21.2. The van der Waals surface area contributed by atoms with Crippen molar-refractivity contribution in [3.8, 4) is 0 Å². The number of aliphatic hydroxyl groups excluding tert-OH is 2. The van der Waals surface area contributed by atoms with Crippen LogP contribution in [-0.4, -0.2) is 181 Å². The Kier molecular flexibility index (Phi) is 32.9. The van der Waals surface area contributed by atoms with E-state index < -0.39 is 41.6 Å². The molecule has 0 fully saturated rings. The number of unbranched alkanes of at least 4 members (excludes halogenated alkanes) is 2. The molecule has 0 saturated carbocycles. The van der Waals surface area contributed by atoms with Crippen LogP contribution in [0.2, 0.25) is 0 Å². The van der Waals surface area contributed by atoms with Crippen LogP contribution < -0.4 is 29.4 Å². The van der Waals surface area contributed by atoms with Gasteiger partial charge in [-0.05, 0) is 28.0 Å². The maximum atomic E-state index is 10.8. The maximum absolute atomic E-state index is 10.8. The van der Waals surface area contributed by atoms with Gasteiger partial charge < -0.3 is 66.9 Å². The molecule has 0 aromatic rings. The normalized spacial score (nSPS) is 17.1. The quantitative estimate of drug-likeness (QED) is 0.107. The van der Waals surface area contributed by atoms with Crippen molar-refractivity contribution >= 4 is 177 Å². The number of hydrogen-bond donors (Lipinski definition) is 2. The van der Waals surface area contributed by atoms with E-state index in [0.717, 1.165) is 0 Å². The molecule has 172 valence electrons. The first-order chi connectivity index (χ1) is 12.4. The van der Waals surface area contributed by atoms with Gasteiger partial charge in [-0.15, -0.1) is 0 Å². The Morgan fingerprint density at radius 2 is 0.871 bits per heavy atom. The monoisotopic (exact) mass is 904 g/mol. The fourth-order valence-corrected chi connectivity index (χ4v) is 5.36. The van der Waals surface area contributed by atoms with E-state index in [2.05, 4.69) is 9.05 Å². The molecule has 0 heterocycles. The van der Waals surface area contributed by atoms with Crippen molar-refractivity contribution in [2.24, 2.45) is 0 Å². The molecule has 2 N–H and O–H groups in total. The summed E-state index contributed by atoms with van der Waals surface area (Å²) in [6, 6.07) is 0. The third-order valence-electron chi connectivity index (χ3n) is 2.67. The zero-order valence-corrected chi connectivity index (χ0v) is 34.0. The summed E-state index contributed by atoms with van der Waals surface area (Å²) in [5.41, 5.74) is -5.99. The molecule has 31 heavy (non-hydrogen) atoms. The van der Waals surface area contributed by atoms with E-state index in [1.54, 1.807) is 13.8 Å². The third-order valence-corrected chi connectivity index (χ3v) is 9.41. The van der Waals surface area contributed by atoms with Gasteiger partial charge in [-0.3, -0.25) is 0 Å². The van der Waals surface area contributed by atoms with Gasteiger partial charge in [0, 0.05) is 0 Å². The zero-order chi connectivity index (χ0) is 22.8. The van der Waals surface area contributed by atoms with E-state index in [4.69, 9.17) is 10.2 Å². The Morgan fingerprint density at radius 3 is 1.03 bits per heavy atom. The molecule has 0 rings (SSSR count). The number of hydrogen-bond acceptors (Lipinski definition) is 14. The van der Waals surface area contributed by atoms with Gasteiger partial charge in [0.1, 0.15) is 11.2 Å². The van der Waals surface area contributed by atoms with Gasteiger partial charge in [-0.2, -0.15) is 0 Å². The minimum Gasteiger partial charge on any atom is -0.809 e. The predicted octanol–water partition coefficient (Wildman–Crippen LogP) is -4.05. The minimum absolute atomic E-state index is 0. The molecule has 0 amide bonds. The second-order valence-electron chi connectivity index (χ2n) is 5.23. The van der Waals surface area contributed by atoms with Crippen molar-refractivity contribution in [3.63, 3.8) is 0 Å². The second kappa shape index (κ2) is 22.1. The first-order valence-corrected chi connectivity index (χ1v) is 14.2. The molecule has 0 aliphatic rings. The molecule has 0 radical (unpaired) electrons. The summed E-state index contributed by atoms with van der Waals surface area (Å²) in [6.45, 7) is 3.05. The van der Waals surface area contributed by atoms with Crippen molar-refractivity contribution in [2.45, 2.75) is 50.7 Å². The number of rotatable bonds is 12. The van der Waals surface area contributed by atoms with E-state index >= 15 is 0 Å². The summed E-state index contributed by atoms with van der Waals surface area (Å²) in [5.74, 6) is 0. The van der Waals surface area contributed by atoms with Crippen molar-refractivity contribution in [1.82, 2.24) is 0 Å². The SMILES string of the molecule is CCCCOP(=O)([O-])C(O)P(=O)([O-])[O-].CCCCOP(=O)([O-])C(O)P(=O)([O-])[O-].[Ba+2].[Ba+2].[Ba+2]. The fraction of sp³-hybridized carbons (Fsp3) is 1.00. The van der Waals surface area contributed by atoms with Gasteiger partial charge in [0.25, 0.3) is 0 Å². The van der Waals surface area contributed by atoms with Gasteiger partial charge in [-0.1, -0.05) is 26.7 Å². The Morgan fingerprint density at radius 1 is 0.645 bits per heavy atom. The fourth-order valence-electron chi connectivity index (χ4n) is 1.15. The van der Waals surface area contributed by atoms with Crippen LogP contribution in [-0.2, 0) is 27.3 Å². The van der Waals surface area contributed by atoms with Crippen LogP contribution in [0.1, 0.15) is 39.5 Å².